The predicted molar refractivity (Wildman–Crippen MR) is 100 cm³/mol. The molecule has 1 aromatic carbocycles. The average molecular weight is 397 g/mol. The topological polar surface area (TPSA) is 83.5 Å². The molecule has 2 heterocycles. The summed E-state index contributed by atoms with van der Waals surface area (Å²) in [5, 5.41) is 12.0. The van der Waals surface area contributed by atoms with E-state index in [4.69, 9.17) is 27.9 Å². The highest BCUT2D eigenvalue weighted by atomic mass is 35.5. The predicted octanol–water partition coefficient (Wildman–Crippen LogP) is 3.20. The number of carbonyl (C=O) groups is 1. The Hall–Kier alpha value is -2.32. The smallest absolute Gasteiger partial charge is 0.409 e. The van der Waals surface area contributed by atoms with Crippen LogP contribution in [0.3, 0.4) is 0 Å². The van der Waals surface area contributed by atoms with E-state index in [1.54, 1.807) is 36.2 Å². The number of rotatable bonds is 4. The zero-order valence-corrected chi connectivity index (χ0v) is 15.7. The van der Waals surface area contributed by atoms with Gasteiger partial charge >= 0.3 is 6.09 Å². The molecule has 0 atom stereocenters. The molecule has 1 fully saturated rings. The highest BCUT2D eigenvalue weighted by Crippen LogP contribution is 2.27. The van der Waals surface area contributed by atoms with Crippen molar-refractivity contribution in [2.45, 2.75) is 6.92 Å². The van der Waals surface area contributed by atoms with Crippen molar-refractivity contribution < 1.29 is 9.53 Å². The number of piperazine rings is 1. The van der Waals surface area contributed by atoms with Gasteiger partial charge in [-0.25, -0.2) is 4.79 Å². The Kier molecular flexibility index (Phi) is 5.95. The molecule has 1 aromatic heterocycles. The van der Waals surface area contributed by atoms with Gasteiger partial charge in [0.1, 0.15) is 0 Å². The molecule has 2 aromatic rings. The largest absolute Gasteiger partial charge is 0.450 e. The van der Waals surface area contributed by atoms with E-state index < -0.39 is 0 Å². The van der Waals surface area contributed by atoms with Crippen LogP contribution in [0.5, 0.6) is 0 Å². The van der Waals surface area contributed by atoms with Crippen molar-refractivity contribution in [2.75, 3.05) is 43.0 Å². The van der Waals surface area contributed by atoms with Gasteiger partial charge in [-0.1, -0.05) is 23.2 Å². The first-order chi connectivity index (χ1) is 12.6. The highest BCUT2D eigenvalue weighted by Gasteiger charge is 2.23. The maximum Gasteiger partial charge on any atom is 0.409 e. The molecule has 10 heteroatoms. The summed E-state index contributed by atoms with van der Waals surface area (Å²) < 4.78 is 5.03. The molecule has 1 aliphatic heterocycles. The van der Waals surface area contributed by atoms with Gasteiger partial charge in [-0.3, -0.25) is 0 Å². The maximum absolute atomic E-state index is 11.8. The summed E-state index contributed by atoms with van der Waals surface area (Å²) in [5.41, 5.74) is 0.641. The number of aromatic nitrogens is 3. The van der Waals surface area contributed by atoms with Gasteiger partial charge in [0.15, 0.2) is 5.82 Å². The molecule has 0 spiro atoms. The molecule has 1 aliphatic rings. The van der Waals surface area contributed by atoms with E-state index in [9.17, 15) is 4.79 Å². The van der Waals surface area contributed by atoms with E-state index in [1.165, 1.54) is 0 Å². The van der Waals surface area contributed by atoms with Crippen molar-refractivity contribution in [3.8, 4) is 0 Å². The maximum atomic E-state index is 11.8. The lowest BCUT2D eigenvalue weighted by atomic mass is 10.3. The third-order valence-electron chi connectivity index (χ3n) is 3.85. The molecule has 3 rings (SSSR count). The van der Waals surface area contributed by atoms with E-state index in [1.807, 2.05) is 4.90 Å². The number of hydrogen-bond acceptors (Lipinski definition) is 7. The number of halogens is 2. The molecular formula is C16H18Cl2N6O2. The summed E-state index contributed by atoms with van der Waals surface area (Å²) >= 11 is 12.1. The van der Waals surface area contributed by atoms with E-state index >= 15 is 0 Å². The van der Waals surface area contributed by atoms with Crippen LogP contribution in [0, 0.1) is 0 Å². The Bertz CT molecular complexity index is 783. The van der Waals surface area contributed by atoms with Crippen LogP contribution in [0.25, 0.3) is 0 Å². The second kappa shape index (κ2) is 8.37. The molecule has 0 unspecified atom stereocenters. The minimum Gasteiger partial charge on any atom is -0.450 e. The third-order valence-corrected chi connectivity index (χ3v) is 4.40. The SMILES string of the molecule is CCOC(=O)N1CCN(c2cnnc(Nc3ccc(Cl)cc3Cl)n2)CC1. The van der Waals surface area contributed by atoms with E-state index in [-0.39, 0.29) is 6.09 Å². The molecule has 1 N–H and O–H groups in total. The van der Waals surface area contributed by atoms with Gasteiger partial charge in [0.25, 0.3) is 0 Å². The number of amides is 1. The number of anilines is 3. The molecule has 8 nitrogen and oxygen atoms in total. The Morgan fingerprint density at radius 3 is 2.73 bits per heavy atom. The van der Waals surface area contributed by atoms with Crippen LogP contribution in [0.15, 0.2) is 24.4 Å². The van der Waals surface area contributed by atoms with Crippen LogP contribution in [-0.2, 0) is 4.74 Å². The first-order valence-corrected chi connectivity index (χ1v) is 8.91. The summed E-state index contributed by atoms with van der Waals surface area (Å²) in [7, 11) is 0. The molecule has 0 radical (unpaired) electrons. The number of carbonyl (C=O) groups excluding carboxylic acids is 1. The van der Waals surface area contributed by atoms with E-state index in [2.05, 4.69) is 20.5 Å². The number of nitrogens with one attached hydrogen (secondary N) is 1. The zero-order chi connectivity index (χ0) is 18.5. The van der Waals surface area contributed by atoms with Gasteiger partial charge in [-0.05, 0) is 25.1 Å². The van der Waals surface area contributed by atoms with Gasteiger partial charge in [-0.15, -0.1) is 5.10 Å². The second-order valence-electron chi connectivity index (χ2n) is 5.56. The van der Waals surface area contributed by atoms with E-state index in [0.717, 1.165) is 0 Å². The van der Waals surface area contributed by atoms with Gasteiger partial charge in [0.05, 0.1) is 23.5 Å². The van der Waals surface area contributed by atoms with Crippen molar-refractivity contribution in [3.05, 3.63) is 34.4 Å². The molecule has 1 saturated heterocycles. The van der Waals surface area contributed by atoms with Crippen LogP contribution >= 0.6 is 23.2 Å². The van der Waals surface area contributed by atoms with Gasteiger partial charge in [0.2, 0.25) is 5.95 Å². The van der Waals surface area contributed by atoms with Crippen molar-refractivity contribution in [2.24, 2.45) is 0 Å². The fraction of sp³-hybridized carbons (Fsp3) is 0.375. The molecule has 0 aliphatic carbocycles. The lowest BCUT2D eigenvalue weighted by Crippen LogP contribution is -2.49. The standard InChI is InChI=1S/C16H18Cl2N6O2/c1-2-26-16(25)24-7-5-23(6-8-24)14-10-19-22-15(21-14)20-13-4-3-11(17)9-12(13)18/h3-4,9-10H,2,5-8H2,1H3,(H,20,21,22). The van der Waals surface area contributed by atoms with Gasteiger partial charge in [0, 0.05) is 31.2 Å². The fourth-order valence-electron chi connectivity index (χ4n) is 2.54. The molecule has 1 amide bonds. The Labute approximate surface area is 161 Å². The molecule has 0 saturated carbocycles. The number of ether oxygens (including phenoxy) is 1. The van der Waals surface area contributed by atoms with Crippen LogP contribution in [-0.4, -0.2) is 59.0 Å². The van der Waals surface area contributed by atoms with Crippen LogP contribution in [0.1, 0.15) is 6.92 Å². The van der Waals surface area contributed by atoms with E-state index in [0.29, 0.717) is 60.3 Å². The number of benzene rings is 1. The Morgan fingerprint density at radius 1 is 1.27 bits per heavy atom. The lowest BCUT2D eigenvalue weighted by Gasteiger charge is -2.34. The van der Waals surface area contributed by atoms with Gasteiger partial charge < -0.3 is 19.9 Å². The summed E-state index contributed by atoms with van der Waals surface area (Å²) in [6.45, 7) is 4.57. The molecule has 26 heavy (non-hydrogen) atoms. The van der Waals surface area contributed by atoms with Crippen LogP contribution < -0.4 is 10.2 Å². The van der Waals surface area contributed by atoms with Crippen molar-refractivity contribution in [3.63, 3.8) is 0 Å². The summed E-state index contributed by atoms with van der Waals surface area (Å²) in [5.74, 6) is 1.01. The second-order valence-corrected chi connectivity index (χ2v) is 6.40. The van der Waals surface area contributed by atoms with Gasteiger partial charge in [-0.2, -0.15) is 10.1 Å². The Balaban J connectivity index is 1.65. The average Bonchev–Trinajstić information content (AvgIpc) is 2.65. The monoisotopic (exact) mass is 396 g/mol. The van der Waals surface area contributed by atoms with Crippen LogP contribution in [0.2, 0.25) is 10.0 Å². The Morgan fingerprint density at radius 2 is 2.04 bits per heavy atom. The first kappa shape index (κ1) is 18.5. The fourth-order valence-corrected chi connectivity index (χ4v) is 3.00. The van der Waals surface area contributed by atoms with Crippen LogP contribution in [0.4, 0.5) is 22.2 Å². The van der Waals surface area contributed by atoms with Crippen molar-refractivity contribution in [1.29, 1.82) is 0 Å². The quantitative estimate of drug-likeness (QED) is 0.848. The van der Waals surface area contributed by atoms with Crippen molar-refractivity contribution >= 4 is 46.7 Å². The minimum absolute atomic E-state index is 0.285. The minimum atomic E-state index is -0.285. The lowest BCUT2D eigenvalue weighted by molar-refractivity contribution is 0.105. The summed E-state index contributed by atoms with van der Waals surface area (Å²) in [6.07, 6.45) is 1.31. The normalized spacial score (nSPS) is 14.3. The van der Waals surface area contributed by atoms with Crippen molar-refractivity contribution in [1.82, 2.24) is 20.1 Å². The number of nitrogens with zero attached hydrogens (tertiary/aromatic N) is 5. The number of hydrogen-bond donors (Lipinski definition) is 1. The molecule has 138 valence electrons. The zero-order valence-electron chi connectivity index (χ0n) is 14.2. The third kappa shape index (κ3) is 4.44. The molecular weight excluding hydrogens is 379 g/mol. The summed E-state index contributed by atoms with van der Waals surface area (Å²) in [4.78, 5) is 20.0. The molecule has 0 bridgehead atoms. The highest BCUT2D eigenvalue weighted by molar-refractivity contribution is 6.36. The summed E-state index contributed by atoms with van der Waals surface area (Å²) in [6, 6.07) is 5.11. The first-order valence-electron chi connectivity index (χ1n) is 8.15.